The van der Waals surface area contributed by atoms with Crippen molar-refractivity contribution in [1.29, 1.82) is 0 Å². The second kappa shape index (κ2) is 10.2. The van der Waals surface area contributed by atoms with Gasteiger partial charge >= 0.3 is 0 Å². The molecule has 10 heteroatoms. The van der Waals surface area contributed by atoms with E-state index < -0.39 is 4.92 Å². The van der Waals surface area contributed by atoms with Crippen LogP contribution >= 0.6 is 24.0 Å². The molecule has 0 saturated carbocycles. The van der Waals surface area contributed by atoms with Crippen LogP contribution in [-0.4, -0.2) is 39.6 Å². The molecule has 1 fully saturated rings. The van der Waals surface area contributed by atoms with Gasteiger partial charge < -0.3 is 10.1 Å². The first-order valence-electron chi connectivity index (χ1n) is 9.31. The van der Waals surface area contributed by atoms with Gasteiger partial charge in [-0.15, -0.1) is 0 Å². The van der Waals surface area contributed by atoms with E-state index in [1.165, 1.54) is 40.9 Å². The van der Waals surface area contributed by atoms with Crippen molar-refractivity contribution in [2.75, 3.05) is 19.0 Å². The van der Waals surface area contributed by atoms with Gasteiger partial charge in [0.2, 0.25) is 5.91 Å². The van der Waals surface area contributed by atoms with Gasteiger partial charge in [-0.1, -0.05) is 42.2 Å². The molecule has 1 aliphatic rings. The number of non-ortho nitro benzene ring substituents is 1. The lowest BCUT2D eigenvalue weighted by molar-refractivity contribution is -0.384. The second-order valence-electron chi connectivity index (χ2n) is 6.53. The van der Waals surface area contributed by atoms with Crippen molar-refractivity contribution in [2.45, 2.75) is 12.8 Å². The first-order valence-corrected chi connectivity index (χ1v) is 10.5. The van der Waals surface area contributed by atoms with Crippen LogP contribution in [0.3, 0.4) is 0 Å². The molecule has 0 spiro atoms. The molecule has 2 amide bonds. The van der Waals surface area contributed by atoms with Gasteiger partial charge in [0, 0.05) is 36.3 Å². The average Bonchev–Trinajstić information content (AvgIpc) is 3.02. The van der Waals surface area contributed by atoms with Crippen LogP contribution in [0.5, 0.6) is 5.75 Å². The van der Waals surface area contributed by atoms with Gasteiger partial charge in [0.15, 0.2) is 0 Å². The fraction of sp³-hybridized carbons (Fsp3) is 0.190. The highest BCUT2D eigenvalue weighted by molar-refractivity contribution is 8.26. The topological polar surface area (TPSA) is 102 Å². The lowest BCUT2D eigenvalue weighted by atomic mass is 10.2. The molecule has 8 nitrogen and oxygen atoms in total. The summed E-state index contributed by atoms with van der Waals surface area (Å²) in [5.74, 6) is 0.219. The second-order valence-corrected chi connectivity index (χ2v) is 8.21. The quantitative estimate of drug-likeness (QED) is 0.274. The number of hydrogen-bond donors (Lipinski definition) is 1. The van der Waals surface area contributed by atoms with Crippen molar-refractivity contribution >= 4 is 57.6 Å². The van der Waals surface area contributed by atoms with Crippen LogP contribution in [0.1, 0.15) is 18.4 Å². The lowest BCUT2D eigenvalue weighted by Gasteiger charge is -2.14. The van der Waals surface area contributed by atoms with Crippen molar-refractivity contribution in [2.24, 2.45) is 0 Å². The van der Waals surface area contributed by atoms with E-state index in [1.54, 1.807) is 13.2 Å². The molecule has 0 bridgehead atoms. The Labute approximate surface area is 188 Å². The third kappa shape index (κ3) is 5.68. The predicted octanol–water partition coefficient (Wildman–Crippen LogP) is 4.22. The summed E-state index contributed by atoms with van der Waals surface area (Å²) in [7, 11) is 1.57. The molecule has 3 rings (SSSR count). The van der Waals surface area contributed by atoms with Crippen LogP contribution in [0.15, 0.2) is 53.4 Å². The highest BCUT2D eigenvalue weighted by atomic mass is 32.2. The van der Waals surface area contributed by atoms with E-state index in [4.69, 9.17) is 17.0 Å². The van der Waals surface area contributed by atoms with Gasteiger partial charge in [0.25, 0.3) is 11.6 Å². The highest BCUT2D eigenvalue weighted by Crippen LogP contribution is 2.34. The number of nitrogens with zero attached hydrogens (tertiary/aromatic N) is 2. The average molecular weight is 458 g/mol. The summed E-state index contributed by atoms with van der Waals surface area (Å²) < 4.78 is 5.76. The Bertz CT molecular complexity index is 1050. The molecule has 0 unspecified atom stereocenters. The fourth-order valence-corrected chi connectivity index (χ4v) is 4.21. The van der Waals surface area contributed by atoms with Crippen LogP contribution in [0.25, 0.3) is 6.08 Å². The standard InChI is InChI=1S/C21H19N3O5S2/c1-29-17-6-3-2-5-14(17)13-18-20(26)23(21(30)31-18)12-4-7-19(25)22-15-8-10-16(11-9-15)24(27)28/h2-3,5-6,8-11,13H,4,7,12H2,1H3,(H,22,25)/b18-13-. The number of thioether (sulfide) groups is 1. The minimum atomic E-state index is -0.504. The Morgan fingerprint density at radius 2 is 1.97 bits per heavy atom. The predicted molar refractivity (Wildman–Crippen MR) is 124 cm³/mol. The number of carbonyl (C=O) groups excluding carboxylic acids is 2. The van der Waals surface area contributed by atoms with Crippen LogP contribution in [0.4, 0.5) is 11.4 Å². The summed E-state index contributed by atoms with van der Waals surface area (Å²) in [5.41, 5.74) is 1.21. The summed E-state index contributed by atoms with van der Waals surface area (Å²) >= 11 is 6.55. The minimum Gasteiger partial charge on any atom is -0.496 e. The zero-order valence-corrected chi connectivity index (χ0v) is 18.2. The molecule has 0 aromatic heterocycles. The monoisotopic (exact) mass is 457 g/mol. The molecule has 2 aromatic carbocycles. The Morgan fingerprint density at radius 3 is 2.65 bits per heavy atom. The van der Waals surface area contributed by atoms with E-state index in [1.807, 2.05) is 24.3 Å². The van der Waals surface area contributed by atoms with Crippen molar-refractivity contribution < 1.29 is 19.2 Å². The van der Waals surface area contributed by atoms with Gasteiger partial charge in [0.05, 0.1) is 16.9 Å². The molecule has 31 heavy (non-hydrogen) atoms. The number of anilines is 1. The van der Waals surface area contributed by atoms with E-state index in [2.05, 4.69) is 5.32 Å². The maximum Gasteiger partial charge on any atom is 0.269 e. The fourth-order valence-electron chi connectivity index (χ4n) is 2.91. The summed E-state index contributed by atoms with van der Waals surface area (Å²) in [6, 6.07) is 13.0. The first kappa shape index (κ1) is 22.4. The van der Waals surface area contributed by atoms with Crippen LogP contribution < -0.4 is 10.1 Å². The summed E-state index contributed by atoms with van der Waals surface area (Å²) in [4.78, 5) is 37.0. The SMILES string of the molecule is COc1ccccc1/C=C1\SC(=S)N(CCCC(=O)Nc2ccc([N+](=O)[O-])cc2)C1=O. The van der Waals surface area contributed by atoms with Crippen LogP contribution in [0.2, 0.25) is 0 Å². The van der Waals surface area contributed by atoms with E-state index in [0.29, 0.717) is 33.6 Å². The van der Waals surface area contributed by atoms with Crippen LogP contribution in [0, 0.1) is 10.1 Å². The molecule has 1 aliphatic heterocycles. The molecule has 0 aliphatic carbocycles. The molecule has 0 atom stereocenters. The Morgan fingerprint density at radius 1 is 1.26 bits per heavy atom. The van der Waals surface area contributed by atoms with Gasteiger partial charge in [0.1, 0.15) is 10.1 Å². The van der Waals surface area contributed by atoms with Crippen molar-refractivity contribution in [3.8, 4) is 5.75 Å². The third-order valence-corrected chi connectivity index (χ3v) is 5.82. The van der Waals surface area contributed by atoms with Gasteiger partial charge in [-0.05, 0) is 30.7 Å². The third-order valence-electron chi connectivity index (χ3n) is 4.45. The zero-order chi connectivity index (χ0) is 22.4. The number of thiocarbonyl (C=S) groups is 1. The number of amides is 2. The van der Waals surface area contributed by atoms with E-state index in [-0.39, 0.29) is 23.9 Å². The number of nitro groups is 1. The van der Waals surface area contributed by atoms with Crippen LogP contribution in [-0.2, 0) is 9.59 Å². The number of rotatable bonds is 8. The number of hydrogen-bond acceptors (Lipinski definition) is 7. The summed E-state index contributed by atoms with van der Waals surface area (Å²) in [5, 5.41) is 13.4. The summed E-state index contributed by atoms with van der Waals surface area (Å²) in [6.45, 7) is 0.321. The molecular weight excluding hydrogens is 438 g/mol. The summed E-state index contributed by atoms with van der Waals surface area (Å²) in [6.07, 6.45) is 2.35. The molecule has 160 valence electrons. The van der Waals surface area contributed by atoms with Crippen molar-refractivity contribution in [3.63, 3.8) is 0 Å². The normalized spacial score (nSPS) is 14.7. The maximum atomic E-state index is 12.7. The van der Waals surface area contributed by atoms with Gasteiger partial charge in [-0.3, -0.25) is 24.6 Å². The number of nitrogens with one attached hydrogen (secondary N) is 1. The Hall–Kier alpha value is -3.24. The number of para-hydroxylation sites is 1. The minimum absolute atomic E-state index is 0.0476. The highest BCUT2D eigenvalue weighted by Gasteiger charge is 2.31. The molecule has 1 N–H and O–H groups in total. The molecule has 1 heterocycles. The smallest absolute Gasteiger partial charge is 0.269 e. The van der Waals surface area contributed by atoms with Crippen molar-refractivity contribution in [3.05, 3.63) is 69.1 Å². The molecule has 0 radical (unpaired) electrons. The van der Waals surface area contributed by atoms with Gasteiger partial charge in [-0.25, -0.2) is 0 Å². The zero-order valence-electron chi connectivity index (χ0n) is 16.6. The number of methoxy groups -OCH3 is 1. The lowest BCUT2D eigenvalue weighted by Crippen LogP contribution is -2.29. The van der Waals surface area contributed by atoms with E-state index in [9.17, 15) is 19.7 Å². The number of benzene rings is 2. The molecule has 2 aromatic rings. The molecular formula is C21H19N3O5S2. The Kier molecular flexibility index (Phi) is 7.37. The number of carbonyl (C=O) groups is 2. The Balaban J connectivity index is 1.54. The first-order chi connectivity index (χ1) is 14.9. The maximum absolute atomic E-state index is 12.7. The largest absolute Gasteiger partial charge is 0.496 e. The van der Waals surface area contributed by atoms with E-state index >= 15 is 0 Å². The van der Waals surface area contributed by atoms with E-state index in [0.717, 1.165) is 5.56 Å². The number of nitro benzene ring substituents is 1. The number of ether oxygens (including phenoxy) is 1. The molecule has 1 saturated heterocycles. The van der Waals surface area contributed by atoms with Crippen molar-refractivity contribution in [1.82, 2.24) is 4.90 Å². The van der Waals surface area contributed by atoms with Gasteiger partial charge in [-0.2, -0.15) is 0 Å².